The molecule has 0 aromatic rings. The second-order valence-corrected chi connectivity index (χ2v) is 6.91. The smallest absolute Gasteiger partial charge is 0.417 e. The molecule has 1 saturated heterocycles. The van der Waals surface area contributed by atoms with Gasteiger partial charge in [-0.2, -0.15) is 0 Å². The number of hydrogen-bond acceptors (Lipinski definition) is 6. The van der Waals surface area contributed by atoms with Crippen molar-refractivity contribution in [3.63, 3.8) is 0 Å². The first-order valence-corrected chi connectivity index (χ1v) is 9.52. The fourth-order valence-electron chi connectivity index (χ4n) is 2.79. The molecule has 0 N–H and O–H groups in total. The Balaban J connectivity index is 0.00000277. The highest BCUT2D eigenvalue weighted by atomic mass is 16.6. The van der Waals surface area contributed by atoms with Gasteiger partial charge in [-0.1, -0.05) is 41.5 Å². The lowest BCUT2D eigenvalue weighted by atomic mass is 9.76. The molecule has 1 heterocycles. The van der Waals surface area contributed by atoms with Crippen molar-refractivity contribution >= 4 is 11.9 Å². The minimum Gasteiger partial charge on any atom is -0.461 e. The summed E-state index contributed by atoms with van der Waals surface area (Å²) in [6.45, 7) is 19.3. The van der Waals surface area contributed by atoms with E-state index in [4.69, 9.17) is 4.74 Å². The molecule has 0 bridgehead atoms. The summed E-state index contributed by atoms with van der Waals surface area (Å²) in [7, 11) is 1.17. The summed E-state index contributed by atoms with van der Waals surface area (Å²) in [5.41, 5.74) is 0.359. The van der Waals surface area contributed by atoms with Crippen LogP contribution in [0.25, 0.3) is 0 Å². The van der Waals surface area contributed by atoms with Gasteiger partial charge in [0.25, 0.3) is 0 Å². The van der Waals surface area contributed by atoms with Gasteiger partial charge < -0.3 is 14.4 Å². The third-order valence-corrected chi connectivity index (χ3v) is 5.24. The minimum absolute atomic E-state index is 0.229. The number of carbonyl (C=O) groups excluding carboxylic acids is 2. The second kappa shape index (κ2) is 12.3. The van der Waals surface area contributed by atoms with E-state index in [1.807, 2.05) is 13.8 Å². The number of hydrogen-bond donors (Lipinski definition) is 0. The van der Waals surface area contributed by atoms with E-state index in [1.165, 1.54) is 13.5 Å². The number of methoxy groups -OCH3 is 1. The van der Waals surface area contributed by atoms with Gasteiger partial charge in [0.1, 0.15) is 6.61 Å². The van der Waals surface area contributed by atoms with Gasteiger partial charge in [-0.15, -0.1) is 0 Å². The van der Waals surface area contributed by atoms with Crippen LogP contribution in [0.1, 0.15) is 48.0 Å². The highest BCUT2D eigenvalue weighted by molar-refractivity contribution is 6.29. The molecule has 0 aromatic heterocycles. The molecule has 148 valence electrons. The maximum Gasteiger partial charge on any atom is 0.417 e. The van der Waals surface area contributed by atoms with Crippen molar-refractivity contribution in [1.29, 1.82) is 0 Å². The number of esters is 2. The van der Waals surface area contributed by atoms with Crippen LogP contribution in [0.4, 0.5) is 0 Å². The normalized spacial score (nSPS) is 18.1. The van der Waals surface area contributed by atoms with E-state index in [0.29, 0.717) is 17.9 Å². The van der Waals surface area contributed by atoms with Crippen LogP contribution < -0.4 is 0 Å². The fraction of sp³-hybridized carbons (Fsp3) is 0.895. The SMILES string of the molecule is CC.CCC(C)(CN1CCN(CCOC(=O)C(=O)OC)CC1)C(C)C. The monoisotopic (exact) mass is 358 g/mol. The second-order valence-electron chi connectivity index (χ2n) is 6.91. The van der Waals surface area contributed by atoms with Gasteiger partial charge in [0, 0.05) is 39.3 Å². The Hall–Kier alpha value is -1.14. The zero-order valence-corrected chi connectivity index (χ0v) is 17.3. The van der Waals surface area contributed by atoms with Crippen LogP contribution in [0.3, 0.4) is 0 Å². The molecule has 1 atom stereocenters. The Bertz CT molecular complexity index is 393. The largest absolute Gasteiger partial charge is 0.461 e. The number of piperazine rings is 1. The zero-order chi connectivity index (χ0) is 19.5. The van der Waals surface area contributed by atoms with Crippen LogP contribution in [-0.4, -0.2) is 74.7 Å². The molecule has 25 heavy (non-hydrogen) atoms. The Labute approximate surface area is 153 Å². The first-order valence-electron chi connectivity index (χ1n) is 9.52. The summed E-state index contributed by atoms with van der Waals surface area (Å²) in [5, 5.41) is 0. The quantitative estimate of drug-likeness (QED) is 0.514. The number of nitrogens with zero attached hydrogens (tertiary/aromatic N) is 2. The summed E-state index contributed by atoms with van der Waals surface area (Å²) in [6.07, 6.45) is 1.19. The predicted molar refractivity (Wildman–Crippen MR) is 100 cm³/mol. The van der Waals surface area contributed by atoms with E-state index < -0.39 is 11.9 Å². The molecule has 6 nitrogen and oxygen atoms in total. The van der Waals surface area contributed by atoms with E-state index in [2.05, 4.69) is 42.2 Å². The molecule has 0 aromatic carbocycles. The molecule has 0 saturated carbocycles. The molecule has 0 aliphatic carbocycles. The average Bonchev–Trinajstić information content (AvgIpc) is 2.63. The highest BCUT2D eigenvalue weighted by Gasteiger charge is 2.30. The summed E-state index contributed by atoms with van der Waals surface area (Å²) in [5.74, 6) is -1.19. The van der Waals surface area contributed by atoms with E-state index in [0.717, 1.165) is 32.7 Å². The molecule has 0 spiro atoms. The number of carbonyl (C=O) groups is 2. The van der Waals surface area contributed by atoms with Gasteiger partial charge in [0.15, 0.2) is 0 Å². The molecule has 1 aliphatic rings. The number of rotatable bonds is 7. The maximum atomic E-state index is 11.2. The van der Waals surface area contributed by atoms with Gasteiger partial charge in [0.2, 0.25) is 0 Å². The Morgan fingerprint density at radius 2 is 1.56 bits per heavy atom. The molecule has 1 fully saturated rings. The van der Waals surface area contributed by atoms with E-state index in [1.54, 1.807) is 0 Å². The third kappa shape index (κ3) is 8.19. The van der Waals surface area contributed by atoms with Crippen molar-refractivity contribution < 1.29 is 19.1 Å². The van der Waals surface area contributed by atoms with E-state index in [9.17, 15) is 9.59 Å². The molecule has 6 heteroatoms. The Kier molecular flexibility index (Phi) is 11.7. The average molecular weight is 359 g/mol. The van der Waals surface area contributed by atoms with Gasteiger partial charge in [-0.25, -0.2) is 9.59 Å². The van der Waals surface area contributed by atoms with E-state index >= 15 is 0 Å². The predicted octanol–water partition coefficient (Wildman–Crippen LogP) is 2.42. The number of ether oxygens (including phenoxy) is 2. The summed E-state index contributed by atoms with van der Waals surface area (Å²) in [6, 6.07) is 0. The van der Waals surface area contributed by atoms with Crippen molar-refractivity contribution in [2.45, 2.75) is 48.0 Å². The van der Waals surface area contributed by atoms with Crippen molar-refractivity contribution in [2.24, 2.45) is 11.3 Å². The Morgan fingerprint density at radius 3 is 2.00 bits per heavy atom. The lowest BCUT2D eigenvalue weighted by molar-refractivity contribution is -0.166. The van der Waals surface area contributed by atoms with Crippen LogP contribution in [0.2, 0.25) is 0 Å². The summed E-state index contributed by atoms with van der Waals surface area (Å²) < 4.78 is 9.20. The summed E-state index contributed by atoms with van der Waals surface area (Å²) >= 11 is 0. The van der Waals surface area contributed by atoms with Crippen LogP contribution in [0.5, 0.6) is 0 Å². The first kappa shape index (κ1) is 23.9. The van der Waals surface area contributed by atoms with Crippen LogP contribution in [-0.2, 0) is 19.1 Å². The topological polar surface area (TPSA) is 59.1 Å². The lowest BCUT2D eigenvalue weighted by Gasteiger charge is -2.42. The molecule has 1 rings (SSSR count). The maximum absolute atomic E-state index is 11.2. The molecular formula is C19H38N2O4. The minimum atomic E-state index is -0.942. The van der Waals surface area contributed by atoms with Crippen LogP contribution >= 0.6 is 0 Å². The lowest BCUT2D eigenvalue weighted by Crippen LogP contribution is -2.50. The van der Waals surface area contributed by atoms with Crippen molar-refractivity contribution in [3.05, 3.63) is 0 Å². The van der Waals surface area contributed by atoms with Gasteiger partial charge in [-0.05, 0) is 17.8 Å². The van der Waals surface area contributed by atoms with Gasteiger partial charge in [0.05, 0.1) is 7.11 Å². The molecule has 0 amide bonds. The third-order valence-electron chi connectivity index (χ3n) is 5.24. The van der Waals surface area contributed by atoms with Crippen LogP contribution in [0.15, 0.2) is 0 Å². The van der Waals surface area contributed by atoms with Gasteiger partial charge in [-0.3, -0.25) is 4.90 Å². The Morgan fingerprint density at radius 1 is 1.04 bits per heavy atom. The fourth-order valence-corrected chi connectivity index (χ4v) is 2.79. The highest BCUT2D eigenvalue weighted by Crippen LogP contribution is 2.31. The van der Waals surface area contributed by atoms with Crippen molar-refractivity contribution in [1.82, 2.24) is 9.80 Å². The van der Waals surface area contributed by atoms with Crippen molar-refractivity contribution in [2.75, 3.05) is 53.0 Å². The molecule has 1 unspecified atom stereocenters. The van der Waals surface area contributed by atoms with Crippen molar-refractivity contribution in [3.8, 4) is 0 Å². The standard InChI is InChI=1S/C17H32N2O4.C2H6/c1-6-17(4,14(2)3)13-19-9-7-18(8-10-19)11-12-23-16(21)15(20)22-5;1-2/h14H,6-13H2,1-5H3;1-2H3. The van der Waals surface area contributed by atoms with Crippen LogP contribution in [0, 0.1) is 11.3 Å². The first-order chi connectivity index (χ1) is 11.8. The molecule has 0 radical (unpaired) electrons. The molecule has 1 aliphatic heterocycles. The van der Waals surface area contributed by atoms with E-state index in [-0.39, 0.29) is 6.61 Å². The summed E-state index contributed by atoms with van der Waals surface area (Å²) in [4.78, 5) is 26.9. The molecular weight excluding hydrogens is 320 g/mol. The zero-order valence-electron chi connectivity index (χ0n) is 17.3. The van der Waals surface area contributed by atoms with Gasteiger partial charge >= 0.3 is 11.9 Å².